The van der Waals surface area contributed by atoms with E-state index < -0.39 is 10.0 Å². The largest absolute Gasteiger partial charge is 0.244 e. The molecule has 24 heavy (non-hydrogen) atoms. The molecule has 0 bridgehead atoms. The van der Waals surface area contributed by atoms with Crippen molar-refractivity contribution in [1.82, 2.24) is 14.5 Å². The summed E-state index contributed by atoms with van der Waals surface area (Å²) >= 11 is 0. The molecule has 2 unspecified atom stereocenters. The van der Waals surface area contributed by atoms with Crippen LogP contribution in [0.5, 0.6) is 0 Å². The Morgan fingerprint density at radius 3 is 2.46 bits per heavy atom. The zero-order valence-electron chi connectivity index (χ0n) is 14.5. The van der Waals surface area contributed by atoms with Crippen LogP contribution in [0.2, 0.25) is 0 Å². The molecule has 0 radical (unpaired) electrons. The van der Waals surface area contributed by atoms with E-state index in [2.05, 4.69) is 16.7 Å². The minimum atomic E-state index is -3.57. The summed E-state index contributed by atoms with van der Waals surface area (Å²) in [6.07, 6.45) is 4.25. The van der Waals surface area contributed by atoms with Crippen molar-refractivity contribution in [2.45, 2.75) is 57.4 Å². The summed E-state index contributed by atoms with van der Waals surface area (Å²) in [5.74, 6) is 0.373. The van der Waals surface area contributed by atoms with Crippen molar-refractivity contribution < 1.29 is 8.42 Å². The van der Waals surface area contributed by atoms with Crippen molar-refractivity contribution in [3.8, 4) is 5.69 Å². The topological polar surface area (TPSA) is 64.0 Å². The summed E-state index contributed by atoms with van der Waals surface area (Å²) in [5.41, 5.74) is 2.05. The maximum Gasteiger partial charge on any atom is 0.244 e. The van der Waals surface area contributed by atoms with Crippen molar-refractivity contribution in [3.63, 3.8) is 0 Å². The molecule has 1 aliphatic carbocycles. The summed E-state index contributed by atoms with van der Waals surface area (Å²) in [6.45, 7) is 5.69. The molecular formula is C18H25N3O2S. The molecule has 1 aromatic carbocycles. The molecule has 6 heteroatoms. The lowest BCUT2D eigenvalue weighted by atomic mass is 9.87. The Labute approximate surface area is 144 Å². The van der Waals surface area contributed by atoms with Crippen LogP contribution in [-0.2, 0) is 10.0 Å². The lowest BCUT2D eigenvalue weighted by Gasteiger charge is -2.29. The Bertz CT molecular complexity index is 812. The van der Waals surface area contributed by atoms with Gasteiger partial charge in [-0.2, -0.15) is 5.10 Å². The molecule has 3 rings (SSSR count). The fourth-order valence-corrected chi connectivity index (χ4v) is 5.36. The van der Waals surface area contributed by atoms with Gasteiger partial charge in [0.05, 0.1) is 17.1 Å². The third-order valence-electron chi connectivity index (χ3n) is 4.91. The van der Waals surface area contributed by atoms with Crippen molar-refractivity contribution >= 4 is 10.0 Å². The number of nitrogens with one attached hydrogen (secondary N) is 1. The Balaban J connectivity index is 1.95. The van der Waals surface area contributed by atoms with Crippen LogP contribution in [0.4, 0.5) is 0 Å². The molecule has 130 valence electrons. The highest BCUT2D eigenvalue weighted by molar-refractivity contribution is 7.89. The third-order valence-corrected chi connectivity index (χ3v) is 6.65. The molecular weight excluding hydrogens is 322 g/mol. The quantitative estimate of drug-likeness (QED) is 0.922. The molecule has 2 atom stereocenters. The predicted octanol–water partition coefficient (Wildman–Crippen LogP) is 3.35. The van der Waals surface area contributed by atoms with Crippen LogP contribution in [0, 0.1) is 19.8 Å². The summed E-state index contributed by atoms with van der Waals surface area (Å²) < 4.78 is 30.6. The van der Waals surface area contributed by atoms with Gasteiger partial charge in [0.15, 0.2) is 0 Å². The number of hydrogen-bond donors (Lipinski definition) is 1. The van der Waals surface area contributed by atoms with Crippen LogP contribution in [-0.4, -0.2) is 24.2 Å². The van der Waals surface area contributed by atoms with Crippen LogP contribution >= 0.6 is 0 Å². The second-order valence-corrected chi connectivity index (χ2v) is 8.39. The molecule has 1 saturated carbocycles. The van der Waals surface area contributed by atoms with E-state index in [1.807, 2.05) is 37.3 Å². The number of sulfonamides is 1. The van der Waals surface area contributed by atoms with Crippen molar-refractivity contribution in [2.75, 3.05) is 0 Å². The lowest BCUT2D eigenvalue weighted by molar-refractivity contribution is 0.310. The molecule has 1 N–H and O–H groups in total. The zero-order valence-corrected chi connectivity index (χ0v) is 15.3. The number of nitrogens with zero attached hydrogens (tertiary/aromatic N) is 2. The summed E-state index contributed by atoms with van der Waals surface area (Å²) in [6, 6.07) is 9.63. The smallest absolute Gasteiger partial charge is 0.236 e. The first-order chi connectivity index (χ1) is 11.4. The average Bonchev–Trinajstić information content (AvgIpc) is 2.86. The molecule has 0 spiro atoms. The standard InChI is InChI=1S/C18H25N3O2S/c1-13-9-7-8-12-17(13)20-24(22,23)18-14(2)19-21(15(18)3)16-10-5-4-6-11-16/h4-6,10-11,13,17,20H,7-9,12H2,1-3H3. The van der Waals surface area contributed by atoms with Gasteiger partial charge in [0.25, 0.3) is 0 Å². The summed E-state index contributed by atoms with van der Waals surface area (Å²) in [5, 5.41) is 4.46. The van der Waals surface area contributed by atoms with E-state index in [-0.39, 0.29) is 6.04 Å². The van der Waals surface area contributed by atoms with Gasteiger partial charge < -0.3 is 0 Å². The first kappa shape index (κ1) is 17.2. The second kappa shape index (κ2) is 6.69. The molecule has 0 amide bonds. The number of para-hydroxylation sites is 1. The van der Waals surface area contributed by atoms with Gasteiger partial charge in [0.2, 0.25) is 10.0 Å². The van der Waals surface area contributed by atoms with E-state index >= 15 is 0 Å². The van der Waals surface area contributed by atoms with E-state index in [0.29, 0.717) is 22.2 Å². The second-order valence-electron chi connectivity index (χ2n) is 6.74. The Morgan fingerprint density at radius 1 is 1.12 bits per heavy atom. The number of benzene rings is 1. The van der Waals surface area contributed by atoms with Gasteiger partial charge >= 0.3 is 0 Å². The zero-order chi connectivity index (χ0) is 17.3. The van der Waals surface area contributed by atoms with E-state index in [1.54, 1.807) is 11.6 Å². The molecule has 0 saturated heterocycles. The molecule has 5 nitrogen and oxygen atoms in total. The molecule has 1 heterocycles. The summed E-state index contributed by atoms with van der Waals surface area (Å²) in [4.78, 5) is 0.309. The molecule has 1 aliphatic rings. The highest BCUT2D eigenvalue weighted by Crippen LogP contribution is 2.27. The van der Waals surface area contributed by atoms with Gasteiger partial charge in [-0.25, -0.2) is 17.8 Å². The highest BCUT2D eigenvalue weighted by Gasteiger charge is 2.30. The summed E-state index contributed by atoms with van der Waals surface area (Å²) in [7, 11) is -3.57. The molecule has 0 aliphatic heterocycles. The average molecular weight is 347 g/mol. The monoisotopic (exact) mass is 347 g/mol. The minimum Gasteiger partial charge on any atom is -0.236 e. The van der Waals surface area contributed by atoms with Crippen molar-refractivity contribution in [2.24, 2.45) is 5.92 Å². The van der Waals surface area contributed by atoms with Gasteiger partial charge in [-0.3, -0.25) is 0 Å². The lowest BCUT2D eigenvalue weighted by Crippen LogP contribution is -2.41. The predicted molar refractivity (Wildman–Crippen MR) is 94.8 cm³/mol. The normalized spacial score (nSPS) is 21.8. The SMILES string of the molecule is Cc1nn(-c2ccccc2)c(C)c1S(=O)(=O)NC1CCCCC1C. The van der Waals surface area contributed by atoms with Crippen molar-refractivity contribution in [1.29, 1.82) is 0 Å². The van der Waals surface area contributed by atoms with Gasteiger partial charge in [-0.15, -0.1) is 0 Å². The molecule has 1 fully saturated rings. The fraction of sp³-hybridized carbons (Fsp3) is 0.500. The van der Waals surface area contributed by atoms with E-state index in [4.69, 9.17) is 0 Å². The van der Waals surface area contributed by atoms with Crippen LogP contribution < -0.4 is 4.72 Å². The Hall–Kier alpha value is -1.66. The number of aryl methyl sites for hydroxylation is 1. The van der Waals surface area contributed by atoms with E-state index in [0.717, 1.165) is 24.9 Å². The number of aromatic nitrogens is 2. The minimum absolute atomic E-state index is 0.0163. The maximum absolute atomic E-state index is 13.0. The Kier molecular flexibility index (Phi) is 4.78. The fourth-order valence-electron chi connectivity index (χ4n) is 3.59. The van der Waals surface area contributed by atoms with Gasteiger partial charge in [-0.05, 0) is 44.7 Å². The van der Waals surface area contributed by atoms with Crippen LogP contribution in [0.15, 0.2) is 35.2 Å². The molecule has 2 aromatic rings. The number of hydrogen-bond acceptors (Lipinski definition) is 3. The van der Waals surface area contributed by atoms with Crippen LogP contribution in [0.1, 0.15) is 44.0 Å². The van der Waals surface area contributed by atoms with Gasteiger partial charge in [-0.1, -0.05) is 38.0 Å². The highest BCUT2D eigenvalue weighted by atomic mass is 32.2. The van der Waals surface area contributed by atoms with E-state index in [9.17, 15) is 8.42 Å². The third kappa shape index (κ3) is 3.26. The maximum atomic E-state index is 13.0. The van der Waals surface area contributed by atoms with Gasteiger partial charge in [0.1, 0.15) is 4.90 Å². The van der Waals surface area contributed by atoms with Gasteiger partial charge in [0, 0.05) is 6.04 Å². The number of rotatable bonds is 4. The van der Waals surface area contributed by atoms with Crippen molar-refractivity contribution in [3.05, 3.63) is 41.7 Å². The first-order valence-electron chi connectivity index (χ1n) is 8.54. The first-order valence-corrected chi connectivity index (χ1v) is 10.0. The van der Waals surface area contributed by atoms with E-state index in [1.165, 1.54) is 6.42 Å². The Morgan fingerprint density at radius 2 is 1.79 bits per heavy atom. The molecule has 1 aromatic heterocycles. The van der Waals surface area contributed by atoms with Crippen LogP contribution in [0.3, 0.4) is 0 Å². The van der Waals surface area contributed by atoms with Crippen LogP contribution in [0.25, 0.3) is 5.69 Å².